The van der Waals surface area contributed by atoms with Crippen molar-refractivity contribution in [2.45, 2.75) is 142 Å². The first kappa shape index (κ1) is 52.5. The second kappa shape index (κ2) is 28.0. The van der Waals surface area contributed by atoms with Gasteiger partial charge < -0.3 is 26.6 Å². The zero-order valence-corrected chi connectivity index (χ0v) is 38.3. The Hall–Kier alpha value is -3.51. The lowest BCUT2D eigenvalue weighted by molar-refractivity contribution is 0.122. The van der Waals surface area contributed by atoms with Crippen molar-refractivity contribution in [2.75, 3.05) is 42.7 Å². The molecule has 0 unspecified atom stereocenters. The highest BCUT2D eigenvalue weighted by atomic mass is 28.4. The van der Waals surface area contributed by atoms with Crippen LogP contribution in [0.1, 0.15) is 90.9 Å². The Bertz CT molecular complexity index is 1760. The van der Waals surface area contributed by atoms with Crippen LogP contribution in [0.5, 0.6) is 0 Å². The van der Waals surface area contributed by atoms with E-state index in [9.17, 15) is 28.8 Å². The summed E-state index contributed by atoms with van der Waals surface area (Å²) in [5.41, 5.74) is -3.30. The number of hydrogen-bond acceptors (Lipinski definition) is 12. The van der Waals surface area contributed by atoms with Crippen LogP contribution in [0.2, 0.25) is 12.1 Å². The van der Waals surface area contributed by atoms with Crippen molar-refractivity contribution in [2.24, 2.45) is 0 Å². The van der Waals surface area contributed by atoms with Gasteiger partial charge >= 0.3 is 51.7 Å². The second-order valence-corrected chi connectivity index (χ2v) is 19.9. The van der Waals surface area contributed by atoms with Crippen LogP contribution in [0.4, 0.5) is 0 Å². The van der Waals surface area contributed by atoms with Crippen LogP contribution in [0, 0.1) is 0 Å². The van der Waals surface area contributed by atoms with E-state index >= 15 is 0 Å². The van der Waals surface area contributed by atoms with Crippen molar-refractivity contribution in [3.8, 4) is 0 Å². The summed E-state index contributed by atoms with van der Waals surface area (Å²) in [5.74, 6) is 0. The van der Waals surface area contributed by atoms with E-state index in [2.05, 4.69) is 27.0 Å². The average molecular weight is 859 g/mol. The van der Waals surface area contributed by atoms with Gasteiger partial charge in [0.1, 0.15) is 0 Å². The van der Waals surface area contributed by atoms with Gasteiger partial charge in [-0.15, -0.1) is 13.2 Å². The van der Waals surface area contributed by atoms with Gasteiger partial charge in [0.2, 0.25) is 0 Å². The summed E-state index contributed by atoms with van der Waals surface area (Å²) in [4.78, 5) is 76.5. The van der Waals surface area contributed by atoms with Gasteiger partial charge in [-0.3, -0.25) is 0 Å². The van der Waals surface area contributed by atoms with Gasteiger partial charge in [-0.2, -0.15) is 0 Å². The van der Waals surface area contributed by atoms with Gasteiger partial charge in [-0.1, -0.05) is 51.7 Å². The molecular formula is C38H70N6O12Si2. The summed E-state index contributed by atoms with van der Waals surface area (Å²) in [6, 6.07) is 1.11. The summed E-state index contributed by atoms with van der Waals surface area (Å²) in [6.45, 7) is 12.8. The highest BCUT2D eigenvalue weighted by molar-refractivity contribution is 6.60. The van der Waals surface area contributed by atoms with Gasteiger partial charge in [0, 0.05) is 94.0 Å². The normalized spacial score (nSPS) is 11.7. The van der Waals surface area contributed by atoms with Crippen molar-refractivity contribution in [1.29, 1.82) is 0 Å². The first-order valence-electron chi connectivity index (χ1n) is 20.2. The third-order valence-corrected chi connectivity index (χ3v) is 15.6. The van der Waals surface area contributed by atoms with Crippen molar-refractivity contribution in [3.63, 3.8) is 0 Å². The van der Waals surface area contributed by atoms with Gasteiger partial charge in [0.25, 0.3) is 0 Å². The zero-order valence-electron chi connectivity index (χ0n) is 36.3. The molecule has 332 valence electrons. The van der Waals surface area contributed by atoms with Gasteiger partial charge in [-0.05, 0) is 51.4 Å². The Balaban J connectivity index is 0.000000652. The summed E-state index contributed by atoms with van der Waals surface area (Å²) < 4.78 is 39.6. The molecule has 2 aromatic heterocycles. The minimum absolute atomic E-state index is 0.195. The summed E-state index contributed by atoms with van der Waals surface area (Å²) in [7, 11) is 3.82. The second-order valence-electron chi connectivity index (χ2n) is 13.7. The quantitative estimate of drug-likeness (QED) is 0.0636. The van der Waals surface area contributed by atoms with E-state index in [0.29, 0.717) is 63.6 Å². The molecule has 2 rings (SSSR count). The maximum atomic E-state index is 13.2. The lowest BCUT2D eigenvalue weighted by atomic mass is 10.2. The molecule has 0 aliphatic carbocycles. The van der Waals surface area contributed by atoms with Crippen molar-refractivity contribution in [3.05, 3.63) is 88.2 Å². The number of unbranched alkanes of at least 4 members (excludes halogenated alkanes) is 6. The van der Waals surface area contributed by atoms with Gasteiger partial charge in [-0.25, -0.2) is 56.2 Å². The first-order chi connectivity index (χ1) is 27.8. The van der Waals surface area contributed by atoms with E-state index in [1.807, 2.05) is 0 Å². The van der Waals surface area contributed by atoms with Crippen LogP contribution in [-0.2, 0) is 65.8 Å². The van der Waals surface area contributed by atoms with E-state index in [4.69, 9.17) is 26.6 Å². The molecular weight excluding hydrogens is 789 g/mol. The van der Waals surface area contributed by atoms with E-state index in [0.717, 1.165) is 41.2 Å². The molecule has 2 heterocycles. The Kier molecular flexibility index (Phi) is 25.4. The third-order valence-electron chi connectivity index (χ3n) is 9.95. The topological polar surface area (TPSA) is 187 Å². The van der Waals surface area contributed by atoms with E-state index in [1.54, 1.807) is 54.8 Å². The van der Waals surface area contributed by atoms with E-state index in [1.165, 1.54) is 18.3 Å². The van der Waals surface area contributed by atoms with Crippen LogP contribution in [0.3, 0.4) is 0 Å². The summed E-state index contributed by atoms with van der Waals surface area (Å²) >= 11 is 0. The fourth-order valence-corrected chi connectivity index (χ4v) is 9.92. The maximum absolute atomic E-state index is 13.2. The number of aromatic nitrogens is 6. The Morgan fingerprint density at radius 1 is 0.397 bits per heavy atom. The van der Waals surface area contributed by atoms with Crippen molar-refractivity contribution < 1.29 is 26.6 Å². The summed E-state index contributed by atoms with van der Waals surface area (Å²) in [5, 5.41) is 0. The van der Waals surface area contributed by atoms with E-state index in [-0.39, 0.29) is 32.7 Å². The minimum atomic E-state index is -2.74. The molecule has 0 atom stereocenters. The first-order valence-corrected chi connectivity index (χ1v) is 24.1. The standard InChI is InChI=1S/C22H45N3O9Si2.C16H25N3O3/c1-8-9-10-15-23-20(26)24(16-11-13-18-35(29-2,30-3)31-4)22(28)25(21(23)27)17-12-14-19-36(32-5,33-6)34-7;1-4-7-10-13-19-15(21)17(11-8-5-2)14(20)18(16(19)22)12-9-6-3/h8-19H2,1-7H3;5-6H,2-4,7-13H2,1H3. The molecule has 0 bridgehead atoms. The third kappa shape index (κ3) is 14.9. The molecule has 0 amide bonds. The largest absolute Gasteiger partial charge is 0.500 e. The molecule has 2 aromatic rings. The molecule has 0 aliphatic rings. The molecule has 0 saturated heterocycles. The van der Waals surface area contributed by atoms with Crippen LogP contribution >= 0.6 is 0 Å². The van der Waals surface area contributed by atoms with Crippen molar-refractivity contribution in [1.82, 2.24) is 27.4 Å². The molecule has 0 radical (unpaired) electrons. The molecule has 0 aliphatic heterocycles. The van der Waals surface area contributed by atoms with Crippen LogP contribution in [-0.4, -0.2) is 87.7 Å². The molecule has 58 heavy (non-hydrogen) atoms. The predicted molar refractivity (Wildman–Crippen MR) is 229 cm³/mol. The lowest BCUT2D eigenvalue weighted by Gasteiger charge is -2.24. The molecule has 20 heteroatoms. The number of allylic oxidation sites excluding steroid dienone is 2. The van der Waals surface area contributed by atoms with E-state index < -0.39 is 51.7 Å². The van der Waals surface area contributed by atoms with Crippen LogP contribution < -0.4 is 34.1 Å². The van der Waals surface area contributed by atoms with Gasteiger partial charge in [0.05, 0.1) is 0 Å². The SMILES string of the molecule is C=CCCn1c(=O)n(CCC=C)c(=O)n(CCCCC)c1=O.CCCCCn1c(=O)n(CCCC[Si](OC)(OC)OC)c(=O)n(CCCC[Si](OC)(OC)OC)c1=O. The number of hydrogen-bond donors (Lipinski definition) is 0. The fraction of sp³-hybridized carbons (Fsp3) is 0.737. The Morgan fingerprint density at radius 3 is 0.828 bits per heavy atom. The minimum Gasteiger partial charge on any atom is -0.377 e. The lowest BCUT2D eigenvalue weighted by Crippen LogP contribution is -2.54. The fourth-order valence-electron chi connectivity index (χ4n) is 6.33. The summed E-state index contributed by atoms with van der Waals surface area (Å²) in [6.07, 6.45) is 11.9. The number of rotatable bonds is 30. The van der Waals surface area contributed by atoms with Crippen LogP contribution in [0.15, 0.2) is 54.1 Å². The monoisotopic (exact) mass is 858 g/mol. The molecule has 0 aromatic carbocycles. The highest BCUT2D eigenvalue weighted by Gasteiger charge is 2.37. The molecule has 18 nitrogen and oxygen atoms in total. The average Bonchev–Trinajstić information content (AvgIpc) is 3.23. The van der Waals surface area contributed by atoms with Crippen LogP contribution in [0.25, 0.3) is 0 Å². The molecule has 0 N–H and O–H groups in total. The highest BCUT2D eigenvalue weighted by Crippen LogP contribution is 2.17. The predicted octanol–water partition coefficient (Wildman–Crippen LogP) is 3.19. The zero-order chi connectivity index (χ0) is 43.7. The smallest absolute Gasteiger partial charge is 0.377 e. The molecule has 0 saturated carbocycles. The van der Waals surface area contributed by atoms with Gasteiger partial charge in [0.15, 0.2) is 0 Å². The maximum Gasteiger partial charge on any atom is 0.500 e. The Morgan fingerprint density at radius 2 is 0.621 bits per heavy atom. The Labute approximate surface area is 344 Å². The van der Waals surface area contributed by atoms with Crippen molar-refractivity contribution >= 4 is 17.6 Å². The molecule has 0 spiro atoms. The molecule has 0 fully saturated rings. The number of nitrogens with zero attached hydrogens (tertiary/aromatic N) is 6.